The van der Waals surface area contributed by atoms with E-state index in [-0.39, 0.29) is 11.9 Å². The van der Waals surface area contributed by atoms with Crippen molar-refractivity contribution in [3.8, 4) is 0 Å². The van der Waals surface area contributed by atoms with Crippen LogP contribution in [0, 0.1) is 0 Å². The second-order valence-electron chi connectivity index (χ2n) is 5.91. The molecule has 0 spiro atoms. The van der Waals surface area contributed by atoms with Crippen molar-refractivity contribution in [1.29, 1.82) is 0 Å². The summed E-state index contributed by atoms with van der Waals surface area (Å²) in [5, 5.41) is 14.9. The maximum atomic E-state index is 11.3. The van der Waals surface area contributed by atoms with E-state index in [0.29, 0.717) is 10.4 Å². The molecule has 116 valence electrons. The van der Waals surface area contributed by atoms with Gasteiger partial charge in [0.15, 0.2) is 11.9 Å². The van der Waals surface area contributed by atoms with Crippen LogP contribution in [0.3, 0.4) is 0 Å². The third-order valence-electron chi connectivity index (χ3n) is 4.31. The summed E-state index contributed by atoms with van der Waals surface area (Å²) >= 11 is 3.43. The number of nitrogens with zero attached hydrogens (tertiary/aromatic N) is 3. The van der Waals surface area contributed by atoms with Crippen LogP contribution in [0.4, 0.5) is 0 Å². The van der Waals surface area contributed by atoms with Crippen LogP contribution < -0.4 is 0 Å². The van der Waals surface area contributed by atoms with Gasteiger partial charge in [-0.25, -0.2) is 14.5 Å². The van der Waals surface area contributed by atoms with Crippen molar-refractivity contribution in [3.05, 3.63) is 22.1 Å². The minimum atomic E-state index is -1.03. The highest BCUT2D eigenvalue weighted by molar-refractivity contribution is 9.10. The van der Waals surface area contributed by atoms with Crippen LogP contribution >= 0.6 is 15.9 Å². The van der Waals surface area contributed by atoms with Crippen molar-refractivity contribution in [2.75, 3.05) is 6.61 Å². The number of aromatic nitrogens is 3. The van der Waals surface area contributed by atoms with Crippen molar-refractivity contribution >= 4 is 32.8 Å². The monoisotopic (exact) mass is 365 g/mol. The van der Waals surface area contributed by atoms with E-state index in [1.165, 1.54) is 0 Å². The highest BCUT2D eigenvalue weighted by atomic mass is 79.9. The highest BCUT2D eigenvalue weighted by Gasteiger charge is 2.33. The fourth-order valence-corrected chi connectivity index (χ4v) is 3.72. The Morgan fingerprint density at radius 3 is 2.82 bits per heavy atom. The van der Waals surface area contributed by atoms with E-state index in [0.717, 1.165) is 55.3 Å². The van der Waals surface area contributed by atoms with Gasteiger partial charge in [0, 0.05) is 17.9 Å². The Hall–Kier alpha value is -1.47. The Kier molecular flexibility index (Phi) is 3.41. The fourth-order valence-electron chi connectivity index (χ4n) is 3.04. The highest BCUT2D eigenvalue weighted by Crippen LogP contribution is 2.45. The van der Waals surface area contributed by atoms with Gasteiger partial charge in [-0.05, 0) is 48.0 Å². The molecular weight excluding hydrogens is 350 g/mol. The van der Waals surface area contributed by atoms with Gasteiger partial charge < -0.3 is 9.84 Å². The molecule has 4 rings (SSSR count). The Morgan fingerprint density at radius 2 is 2.18 bits per heavy atom. The molecule has 7 heteroatoms. The Bertz CT molecular complexity index is 748. The zero-order valence-electron chi connectivity index (χ0n) is 12.0. The molecule has 22 heavy (non-hydrogen) atoms. The van der Waals surface area contributed by atoms with E-state index in [4.69, 9.17) is 9.84 Å². The van der Waals surface area contributed by atoms with Crippen LogP contribution in [0.2, 0.25) is 0 Å². The first-order valence-electron chi connectivity index (χ1n) is 7.58. The zero-order chi connectivity index (χ0) is 15.3. The lowest BCUT2D eigenvalue weighted by atomic mass is 10.1. The van der Waals surface area contributed by atoms with Crippen LogP contribution in [-0.2, 0) is 4.74 Å². The van der Waals surface area contributed by atoms with Gasteiger partial charge in [-0.3, -0.25) is 0 Å². The van der Waals surface area contributed by atoms with Crippen molar-refractivity contribution in [2.45, 2.75) is 44.2 Å². The zero-order valence-corrected chi connectivity index (χ0v) is 13.5. The third kappa shape index (κ3) is 2.23. The number of pyridine rings is 1. The Morgan fingerprint density at radius 1 is 1.36 bits per heavy atom. The van der Waals surface area contributed by atoms with Gasteiger partial charge in [0.1, 0.15) is 0 Å². The second kappa shape index (κ2) is 5.31. The van der Waals surface area contributed by atoms with Gasteiger partial charge in [0.05, 0.1) is 21.9 Å². The first-order chi connectivity index (χ1) is 10.7. The van der Waals surface area contributed by atoms with E-state index in [1.807, 2.05) is 4.68 Å². The van der Waals surface area contributed by atoms with Gasteiger partial charge >= 0.3 is 5.97 Å². The predicted octanol–water partition coefficient (Wildman–Crippen LogP) is 3.47. The topological polar surface area (TPSA) is 77.2 Å². The largest absolute Gasteiger partial charge is 0.476 e. The molecule has 0 radical (unpaired) electrons. The molecule has 1 saturated heterocycles. The summed E-state index contributed by atoms with van der Waals surface area (Å²) in [6, 6.07) is 0. The minimum Gasteiger partial charge on any atom is -0.476 e. The SMILES string of the molecule is O=C(O)c1ncc2c(c(C3CC3)nn2C2CCCCO2)c1Br. The second-order valence-corrected chi connectivity index (χ2v) is 6.70. The minimum absolute atomic E-state index is 0.0403. The maximum Gasteiger partial charge on any atom is 0.355 e. The van der Waals surface area contributed by atoms with Crippen LogP contribution in [0.25, 0.3) is 10.9 Å². The Balaban J connectivity index is 1.91. The number of halogens is 1. The molecule has 0 amide bonds. The number of rotatable bonds is 3. The molecule has 1 N–H and O–H groups in total. The van der Waals surface area contributed by atoms with E-state index >= 15 is 0 Å². The molecule has 2 aromatic heterocycles. The molecule has 1 saturated carbocycles. The van der Waals surface area contributed by atoms with Crippen molar-refractivity contribution in [1.82, 2.24) is 14.8 Å². The van der Waals surface area contributed by atoms with Crippen LogP contribution in [0.5, 0.6) is 0 Å². The summed E-state index contributed by atoms with van der Waals surface area (Å²) in [7, 11) is 0. The molecule has 2 aliphatic rings. The fraction of sp³-hybridized carbons (Fsp3) is 0.533. The third-order valence-corrected chi connectivity index (χ3v) is 5.09. The molecule has 0 bridgehead atoms. The number of ether oxygens (including phenoxy) is 1. The normalized spacial score (nSPS) is 22.1. The molecule has 1 unspecified atom stereocenters. The molecule has 2 fully saturated rings. The lowest BCUT2D eigenvalue weighted by Crippen LogP contribution is -2.19. The van der Waals surface area contributed by atoms with Crippen LogP contribution in [-0.4, -0.2) is 32.4 Å². The van der Waals surface area contributed by atoms with Gasteiger partial charge in [-0.1, -0.05) is 0 Å². The Labute approximate surface area is 135 Å². The van der Waals surface area contributed by atoms with Gasteiger partial charge in [0.2, 0.25) is 0 Å². The lowest BCUT2D eigenvalue weighted by molar-refractivity contribution is -0.0369. The summed E-state index contributed by atoms with van der Waals surface area (Å²) in [6.45, 7) is 0.743. The first kappa shape index (κ1) is 14.1. The molecular formula is C15H16BrN3O3. The first-order valence-corrected chi connectivity index (χ1v) is 8.37. The van der Waals surface area contributed by atoms with Gasteiger partial charge in [-0.15, -0.1) is 0 Å². The molecule has 1 aliphatic carbocycles. The predicted molar refractivity (Wildman–Crippen MR) is 83.0 cm³/mol. The van der Waals surface area contributed by atoms with E-state index in [9.17, 15) is 9.90 Å². The summed E-state index contributed by atoms with van der Waals surface area (Å²) in [5.74, 6) is -0.607. The number of aromatic carboxylic acids is 1. The summed E-state index contributed by atoms with van der Waals surface area (Å²) in [4.78, 5) is 15.4. The number of hydrogen-bond donors (Lipinski definition) is 1. The average molecular weight is 366 g/mol. The smallest absolute Gasteiger partial charge is 0.355 e. The van der Waals surface area contributed by atoms with Crippen LogP contribution in [0.15, 0.2) is 10.7 Å². The number of fused-ring (bicyclic) bond motifs is 1. The quantitative estimate of drug-likeness (QED) is 0.900. The summed E-state index contributed by atoms with van der Waals surface area (Å²) in [5.41, 5.74) is 1.87. The molecule has 2 aromatic rings. The number of carboxylic acids is 1. The molecule has 6 nitrogen and oxygen atoms in total. The lowest BCUT2D eigenvalue weighted by Gasteiger charge is -2.23. The molecule has 1 aliphatic heterocycles. The molecule has 3 heterocycles. The van der Waals surface area contributed by atoms with E-state index in [1.54, 1.807) is 6.20 Å². The summed E-state index contributed by atoms with van der Waals surface area (Å²) < 4.78 is 8.27. The van der Waals surface area contributed by atoms with E-state index in [2.05, 4.69) is 20.9 Å². The van der Waals surface area contributed by atoms with Crippen LogP contribution in [0.1, 0.15) is 60.4 Å². The maximum absolute atomic E-state index is 11.3. The van der Waals surface area contributed by atoms with E-state index < -0.39 is 5.97 Å². The van der Waals surface area contributed by atoms with Crippen molar-refractivity contribution < 1.29 is 14.6 Å². The van der Waals surface area contributed by atoms with Gasteiger partial charge in [-0.2, -0.15) is 5.10 Å². The summed E-state index contributed by atoms with van der Waals surface area (Å²) in [6.07, 6.45) is 6.87. The average Bonchev–Trinajstić information content (AvgIpc) is 3.29. The van der Waals surface area contributed by atoms with Crippen molar-refractivity contribution in [2.24, 2.45) is 0 Å². The van der Waals surface area contributed by atoms with Crippen molar-refractivity contribution in [3.63, 3.8) is 0 Å². The number of carbonyl (C=O) groups is 1. The number of carboxylic acid groups (broad SMARTS) is 1. The van der Waals surface area contributed by atoms with Gasteiger partial charge in [0.25, 0.3) is 0 Å². The molecule has 0 aromatic carbocycles. The number of hydrogen-bond acceptors (Lipinski definition) is 4. The standard InChI is InChI=1S/C15H16BrN3O3/c16-12-11-9(7-17-14(12)15(20)21)19(10-3-1-2-6-22-10)18-13(11)8-4-5-8/h7-8,10H,1-6H2,(H,20,21). The molecule has 1 atom stereocenters.